The van der Waals surface area contributed by atoms with E-state index in [9.17, 15) is 19.9 Å². The number of amides is 1. The molecule has 1 amide bonds. The van der Waals surface area contributed by atoms with Crippen LogP contribution in [0.3, 0.4) is 0 Å². The number of halogens is 2. The van der Waals surface area contributed by atoms with Crippen LogP contribution in [0, 0.1) is 12.8 Å². The zero-order valence-corrected chi connectivity index (χ0v) is 29.7. The molecule has 2 N–H and O–H groups in total. The average Bonchev–Trinajstić information content (AvgIpc) is 3.10. The van der Waals surface area contributed by atoms with Gasteiger partial charge in [0.2, 0.25) is 12.4 Å². The average molecular weight is 722 g/mol. The summed E-state index contributed by atoms with van der Waals surface area (Å²) in [5.74, 6) is -0.412. The van der Waals surface area contributed by atoms with Gasteiger partial charge in [0, 0.05) is 28.4 Å². The van der Waals surface area contributed by atoms with Crippen molar-refractivity contribution in [2.75, 3.05) is 38.8 Å². The van der Waals surface area contributed by atoms with Gasteiger partial charge in [0.15, 0.2) is 11.5 Å². The molecule has 3 aromatic carbocycles. The molecule has 12 heteroatoms. The molecule has 2 atom stereocenters. The molecule has 4 heterocycles. The van der Waals surface area contributed by atoms with Crippen LogP contribution in [0.25, 0.3) is 0 Å². The second kappa shape index (κ2) is 15.2. The molecule has 2 bridgehead atoms. The van der Waals surface area contributed by atoms with E-state index >= 15 is 0 Å². The number of piperidine rings is 3. The second-order valence-corrected chi connectivity index (χ2v) is 13.7. The Morgan fingerprint density at radius 3 is 2.32 bits per heavy atom. The summed E-state index contributed by atoms with van der Waals surface area (Å²) in [7, 11) is 3.07. The lowest BCUT2D eigenvalue weighted by Crippen LogP contribution is -2.53. The number of aromatic carboxylic acids is 1. The second-order valence-electron chi connectivity index (χ2n) is 12.9. The fourth-order valence-electron chi connectivity index (χ4n) is 7.09. The molecular weight excluding hydrogens is 681 g/mol. The summed E-state index contributed by atoms with van der Waals surface area (Å²) < 4.78 is 18.1. The summed E-state index contributed by atoms with van der Waals surface area (Å²) in [6.07, 6.45) is 4.21. The first-order valence-electron chi connectivity index (χ1n) is 16.5. The van der Waals surface area contributed by atoms with Gasteiger partial charge in [0.25, 0.3) is 0 Å². The minimum Gasteiger partial charge on any atom is -0.493 e. The van der Waals surface area contributed by atoms with Crippen LogP contribution in [0.5, 0.6) is 11.5 Å². The van der Waals surface area contributed by atoms with Crippen LogP contribution in [0.4, 0.5) is 10.5 Å². The smallest absolute Gasteiger partial charge is 0.414 e. The van der Waals surface area contributed by atoms with Crippen LogP contribution in [0.15, 0.2) is 73.1 Å². The Labute approximate surface area is 301 Å². The maximum atomic E-state index is 14.0. The number of carboxylic acids is 1. The van der Waals surface area contributed by atoms with Gasteiger partial charge < -0.3 is 19.3 Å². The van der Waals surface area contributed by atoms with Crippen molar-refractivity contribution in [2.45, 2.75) is 44.8 Å². The molecule has 10 nitrogen and oxygen atoms in total. The van der Waals surface area contributed by atoms with Crippen LogP contribution in [0.2, 0.25) is 10.0 Å². The number of carbonyl (C=O) groups excluding carboxylic acids is 1. The molecule has 3 saturated heterocycles. The van der Waals surface area contributed by atoms with Crippen LogP contribution >= 0.6 is 23.2 Å². The Kier molecular flexibility index (Phi) is 10.7. The van der Waals surface area contributed by atoms with Crippen molar-refractivity contribution < 1.29 is 38.8 Å². The quantitative estimate of drug-likeness (QED) is 0.124. The SMILES string of the molecule is COc1ccc([C@H](Cc2c(Cl)c[n+](O)cc2Cl)c2cc(CN(C(=O)O[C@H]3CN4CCC3CC4)c3cccc(C)c3)ccc2C(=O)O)cc1OC. The summed E-state index contributed by atoms with van der Waals surface area (Å²) in [4.78, 5) is 30.7. The molecule has 7 rings (SSSR count). The summed E-state index contributed by atoms with van der Waals surface area (Å²) in [6, 6.07) is 18.1. The van der Waals surface area contributed by atoms with Crippen molar-refractivity contribution in [1.82, 2.24) is 4.90 Å². The summed E-state index contributed by atoms with van der Waals surface area (Å²) >= 11 is 13.2. The Morgan fingerprint density at radius 2 is 1.70 bits per heavy atom. The molecule has 1 aromatic heterocycles. The van der Waals surface area contributed by atoms with Gasteiger partial charge >= 0.3 is 12.1 Å². The number of aromatic nitrogens is 1. The third kappa shape index (κ3) is 7.62. The van der Waals surface area contributed by atoms with E-state index in [0.29, 0.717) is 45.4 Å². The predicted molar refractivity (Wildman–Crippen MR) is 189 cm³/mol. The van der Waals surface area contributed by atoms with Crippen molar-refractivity contribution in [2.24, 2.45) is 5.92 Å². The molecule has 262 valence electrons. The number of rotatable bonds is 11. The molecule has 4 aromatic rings. The van der Waals surface area contributed by atoms with Crippen molar-refractivity contribution in [3.8, 4) is 11.5 Å². The molecule has 0 unspecified atom stereocenters. The Hall–Kier alpha value is -4.51. The number of nitrogens with zero attached hydrogens (tertiary/aromatic N) is 3. The highest BCUT2D eigenvalue weighted by atomic mass is 35.5. The maximum absolute atomic E-state index is 14.0. The minimum atomic E-state index is -1.12. The maximum Gasteiger partial charge on any atom is 0.414 e. The van der Waals surface area contributed by atoms with Crippen molar-refractivity contribution in [1.29, 1.82) is 0 Å². The van der Waals surface area contributed by atoms with Crippen molar-refractivity contribution in [3.05, 3.63) is 116 Å². The van der Waals surface area contributed by atoms with Gasteiger partial charge in [0.1, 0.15) is 16.1 Å². The van der Waals surface area contributed by atoms with E-state index in [1.807, 2.05) is 43.3 Å². The number of methoxy groups -OCH3 is 2. The van der Waals surface area contributed by atoms with E-state index < -0.39 is 18.0 Å². The number of hydrogen-bond donors (Lipinski definition) is 2. The zero-order valence-electron chi connectivity index (χ0n) is 28.1. The number of benzene rings is 3. The normalized spacial score (nSPS) is 18.7. The molecule has 0 spiro atoms. The zero-order chi connectivity index (χ0) is 35.5. The lowest BCUT2D eigenvalue weighted by molar-refractivity contribution is -0.904. The van der Waals surface area contributed by atoms with E-state index in [0.717, 1.165) is 42.8 Å². The molecule has 3 aliphatic heterocycles. The minimum absolute atomic E-state index is 0.0749. The fraction of sp³-hybridized carbons (Fsp3) is 0.342. The Balaban J connectivity index is 1.43. The van der Waals surface area contributed by atoms with E-state index in [1.165, 1.54) is 26.6 Å². The van der Waals surface area contributed by atoms with Crippen LogP contribution in [0.1, 0.15) is 56.9 Å². The summed E-state index contributed by atoms with van der Waals surface area (Å²) in [5, 5.41) is 20.9. The molecule has 50 heavy (non-hydrogen) atoms. The molecule has 0 aliphatic carbocycles. The van der Waals surface area contributed by atoms with E-state index in [-0.39, 0.29) is 34.7 Å². The number of hydrogen-bond acceptors (Lipinski definition) is 7. The highest BCUT2D eigenvalue weighted by Crippen LogP contribution is 2.39. The first-order chi connectivity index (χ1) is 24.0. The molecule has 3 aliphatic rings. The summed E-state index contributed by atoms with van der Waals surface area (Å²) in [5.41, 5.74) is 4.14. The third-order valence-electron chi connectivity index (χ3n) is 9.73. The van der Waals surface area contributed by atoms with Crippen molar-refractivity contribution >= 4 is 41.0 Å². The number of aryl methyl sites for hydroxylation is 1. The van der Waals surface area contributed by atoms with E-state index in [2.05, 4.69) is 4.90 Å². The van der Waals surface area contributed by atoms with Gasteiger partial charge in [-0.1, -0.05) is 53.5 Å². The molecular formula is C38H40Cl2N3O7+. The van der Waals surface area contributed by atoms with Gasteiger partial charge in [0.05, 0.1) is 26.3 Å². The third-order valence-corrected chi connectivity index (χ3v) is 10.4. The van der Waals surface area contributed by atoms with Crippen LogP contribution in [-0.4, -0.2) is 67.2 Å². The Morgan fingerprint density at radius 1 is 0.980 bits per heavy atom. The van der Waals surface area contributed by atoms with Crippen molar-refractivity contribution in [3.63, 3.8) is 0 Å². The topological polar surface area (TPSA) is 113 Å². The van der Waals surface area contributed by atoms with Crippen LogP contribution < -0.4 is 19.1 Å². The number of fused-ring (bicyclic) bond motifs is 3. The lowest BCUT2D eigenvalue weighted by atomic mass is 9.82. The first kappa shape index (κ1) is 35.3. The standard InChI is InChI=1S/C38H39Cl2N3O7/c1-23-5-4-6-27(15-23)43(38(46)50-36-22-41-13-11-25(36)12-14-41)19-24-7-9-28(37(44)45)30(16-24)29(18-31-32(39)20-42(47)21-33(31)40)26-8-10-34(48-2)35(17-26)49-3/h4-10,15-17,20-21,25,29,36H,11-14,18-19,22H2,1-3H3,(H-,44,45,47)/p+1/t29-,36-/m0/s1. The number of carbonyl (C=O) groups is 2. The number of ether oxygens (including phenoxy) is 3. The predicted octanol–water partition coefficient (Wildman–Crippen LogP) is 7.15. The summed E-state index contributed by atoms with van der Waals surface area (Å²) in [6.45, 7) is 4.88. The molecule has 0 saturated carbocycles. The largest absolute Gasteiger partial charge is 0.493 e. The monoisotopic (exact) mass is 720 g/mol. The van der Waals surface area contributed by atoms with Gasteiger partial charge in [-0.05, 0) is 97.8 Å². The molecule has 3 fully saturated rings. The van der Waals surface area contributed by atoms with Gasteiger partial charge in [-0.2, -0.15) is 0 Å². The lowest BCUT2D eigenvalue weighted by Gasteiger charge is -2.44. The number of carboxylic acid groups (broad SMARTS) is 1. The van der Waals surface area contributed by atoms with Gasteiger partial charge in [-0.3, -0.25) is 15.0 Å². The highest BCUT2D eigenvalue weighted by molar-refractivity contribution is 6.35. The van der Waals surface area contributed by atoms with Gasteiger partial charge in [-0.25, -0.2) is 9.59 Å². The highest BCUT2D eigenvalue weighted by Gasteiger charge is 2.37. The van der Waals surface area contributed by atoms with Crippen LogP contribution in [-0.2, 0) is 17.7 Å². The van der Waals surface area contributed by atoms with E-state index in [4.69, 9.17) is 37.4 Å². The van der Waals surface area contributed by atoms with E-state index in [1.54, 1.807) is 29.2 Å². The first-order valence-corrected chi connectivity index (χ1v) is 17.2. The fourth-order valence-corrected chi connectivity index (χ4v) is 7.69. The number of pyridine rings is 1. The Bertz CT molecular complexity index is 1870. The number of anilines is 1. The molecule has 0 radical (unpaired) electrons. The van der Waals surface area contributed by atoms with Gasteiger partial charge in [-0.15, -0.1) is 0 Å².